The van der Waals surface area contributed by atoms with Gasteiger partial charge in [-0.25, -0.2) is 5.10 Å². The molecular formula is C22H22N6O3. The lowest BCUT2D eigenvalue weighted by Crippen LogP contribution is -2.42. The van der Waals surface area contributed by atoms with Crippen LogP contribution >= 0.6 is 0 Å². The molecule has 1 fully saturated rings. The zero-order chi connectivity index (χ0) is 21.6. The number of aryl methyl sites for hydroxylation is 2. The van der Waals surface area contributed by atoms with Crippen LogP contribution in [0.2, 0.25) is 0 Å². The maximum absolute atomic E-state index is 13.3. The third-order valence-corrected chi connectivity index (χ3v) is 6.28. The number of benzene rings is 1. The van der Waals surface area contributed by atoms with Crippen LogP contribution in [0.3, 0.4) is 0 Å². The first-order valence-electron chi connectivity index (χ1n) is 10.2. The molecule has 9 heteroatoms. The lowest BCUT2D eigenvalue weighted by molar-refractivity contribution is -0.133. The number of nitrogens with zero attached hydrogens (tertiary/aromatic N) is 4. The molecule has 4 heterocycles. The molecule has 2 aromatic heterocycles. The molecule has 0 radical (unpaired) electrons. The molecule has 2 atom stereocenters. The molecule has 0 bridgehead atoms. The summed E-state index contributed by atoms with van der Waals surface area (Å²) < 4.78 is 1.69. The number of nitrogens with one attached hydrogen (secondary N) is 2. The van der Waals surface area contributed by atoms with Gasteiger partial charge in [-0.05, 0) is 24.1 Å². The van der Waals surface area contributed by atoms with E-state index >= 15 is 0 Å². The van der Waals surface area contributed by atoms with Crippen molar-refractivity contribution in [1.82, 2.24) is 24.9 Å². The van der Waals surface area contributed by atoms with Crippen molar-refractivity contribution in [3.8, 4) is 0 Å². The number of carbonyl (C=O) groups is 2. The van der Waals surface area contributed by atoms with E-state index in [-0.39, 0.29) is 23.8 Å². The average molecular weight is 418 g/mol. The molecule has 2 aliphatic heterocycles. The van der Waals surface area contributed by atoms with Crippen molar-refractivity contribution in [2.24, 2.45) is 7.05 Å². The first-order chi connectivity index (χ1) is 15.0. The van der Waals surface area contributed by atoms with Gasteiger partial charge in [-0.15, -0.1) is 0 Å². The standard InChI is InChI=1S/C22H22N6O3/c1-27-13-14(12-23-27)20-22(16-4-2-3-5-17(16)24-21(22)31)10-11-28(20)19(30)9-7-15-6-8-18(29)26-25-15/h2-6,8,12-13,20H,7,9-11H2,1H3,(H,24,31)(H,26,29). The first kappa shape index (κ1) is 19.2. The van der Waals surface area contributed by atoms with Gasteiger partial charge in [-0.3, -0.25) is 19.1 Å². The summed E-state index contributed by atoms with van der Waals surface area (Å²) in [5.74, 6) is -0.143. The second-order valence-corrected chi connectivity index (χ2v) is 8.07. The van der Waals surface area contributed by atoms with Crippen molar-refractivity contribution in [3.05, 3.63) is 76.0 Å². The highest BCUT2D eigenvalue weighted by Gasteiger charge is 2.59. The molecule has 158 valence electrons. The summed E-state index contributed by atoms with van der Waals surface area (Å²) in [5, 5.41) is 13.7. The van der Waals surface area contributed by atoms with Gasteiger partial charge in [0.25, 0.3) is 5.56 Å². The molecule has 1 spiro atoms. The topological polar surface area (TPSA) is 113 Å². The number of H-pyrrole nitrogens is 1. The van der Waals surface area contributed by atoms with Gasteiger partial charge in [0.1, 0.15) is 5.41 Å². The summed E-state index contributed by atoms with van der Waals surface area (Å²) in [6, 6.07) is 10.3. The Balaban J connectivity index is 1.49. The Hall–Kier alpha value is -3.75. The van der Waals surface area contributed by atoms with Crippen LogP contribution in [0.1, 0.15) is 35.7 Å². The summed E-state index contributed by atoms with van der Waals surface area (Å²) in [7, 11) is 1.82. The Labute approximate surface area is 178 Å². The number of aromatic nitrogens is 4. The van der Waals surface area contributed by atoms with E-state index in [2.05, 4.69) is 20.6 Å². The number of amides is 2. The third kappa shape index (κ3) is 3.04. The highest BCUT2D eigenvalue weighted by atomic mass is 16.2. The second kappa shape index (κ2) is 7.19. The van der Waals surface area contributed by atoms with Crippen molar-refractivity contribution in [2.75, 3.05) is 11.9 Å². The van der Waals surface area contributed by atoms with Gasteiger partial charge in [0.05, 0.1) is 17.9 Å². The largest absolute Gasteiger partial charge is 0.334 e. The van der Waals surface area contributed by atoms with E-state index in [0.29, 0.717) is 25.1 Å². The van der Waals surface area contributed by atoms with Crippen molar-refractivity contribution in [1.29, 1.82) is 0 Å². The summed E-state index contributed by atoms with van der Waals surface area (Å²) in [6.45, 7) is 0.471. The number of anilines is 1. The molecule has 31 heavy (non-hydrogen) atoms. The second-order valence-electron chi connectivity index (χ2n) is 8.07. The predicted molar refractivity (Wildman–Crippen MR) is 112 cm³/mol. The number of para-hydroxylation sites is 1. The SMILES string of the molecule is Cn1cc(C2N(C(=O)CCc3ccc(=O)[nH]n3)CCC23C(=O)Nc2ccccc23)cn1. The van der Waals surface area contributed by atoms with Crippen LogP contribution < -0.4 is 10.9 Å². The number of aromatic amines is 1. The fraction of sp³-hybridized carbons (Fsp3) is 0.318. The molecule has 3 aromatic rings. The van der Waals surface area contributed by atoms with Crippen LogP contribution in [0.4, 0.5) is 5.69 Å². The van der Waals surface area contributed by atoms with Crippen LogP contribution in [0.5, 0.6) is 0 Å². The normalized spacial score (nSPS) is 22.0. The van der Waals surface area contributed by atoms with E-state index in [1.54, 1.807) is 21.8 Å². The summed E-state index contributed by atoms with van der Waals surface area (Å²) in [4.78, 5) is 39.6. The quantitative estimate of drug-likeness (QED) is 0.663. The molecule has 2 amide bonds. The van der Waals surface area contributed by atoms with E-state index in [4.69, 9.17) is 0 Å². The molecule has 1 saturated heterocycles. The molecule has 9 nitrogen and oxygen atoms in total. The monoisotopic (exact) mass is 418 g/mol. The lowest BCUT2D eigenvalue weighted by Gasteiger charge is -2.33. The Kier molecular flexibility index (Phi) is 4.46. The zero-order valence-corrected chi connectivity index (χ0v) is 17.0. The number of hydrogen-bond donors (Lipinski definition) is 2. The zero-order valence-electron chi connectivity index (χ0n) is 17.0. The summed E-state index contributed by atoms with van der Waals surface area (Å²) in [6.07, 6.45) is 4.78. The molecule has 2 aliphatic rings. The molecule has 2 N–H and O–H groups in total. The maximum atomic E-state index is 13.3. The molecule has 0 saturated carbocycles. The van der Waals surface area contributed by atoms with Crippen LogP contribution in [0.15, 0.2) is 53.6 Å². The summed E-state index contributed by atoms with van der Waals surface area (Å²) >= 11 is 0. The average Bonchev–Trinajstić information content (AvgIpc) is 3.44. The summed E-state index contributed by atoms with van der Waals surface area (Å²) in [5.41, 5.74) is 2.08. The third-order valence-electron chi connectivity index (χ3n) is 6.28. The molecule has 5 rings (SSSR count). The fourth-order valence-corrected chi connectivity index (χ4v) is 4.89. The minimum absolute atomic E-state index is 0.0593. The smallest absolute Gasteiger partial charge is 0.264 e. The van der Waals surface area contributed by atoms with Gasteiger partial charge in [-0.2, -0.15) is 10.2 Å². The van der Waals surface area contributed by atoms with Crippen LogP contribution in [-0.2, 0) is 28.5 Å². The Bertz CT molecular complexity index is 1210. The first-order valence-corrected chi connectivity index (χ1v) is 10.2. The number of rotatable bonds is 4. The Morgan fingerprint density at radius 1 is 1.23 bits per heavy atom. The Morgan fingerprint density at radius 2 is 2.06 bits per heavy atom. The number of hydrogen-bond acceptors (Lipinski definition) is 5. The van der Waals surface area contributed by atoms with Gasteiger partial charge >= 0.3 is 0 Å². The lowest BCUT2D eigenvalue weighted by atomic mass is 9.73. The number of likely N-dealkylation sites (tertiary alicyclic amines) is 1. The van der Waals surface area contributed by atoms with Crippen LogP contribution in [0, 0.1) is 0 Å². The van der Waals surface area contributed by atoms with Crippen LogP contribution in [0.25, 0.3) is 0 Å². The molecular weight excluding hydrogens is 396 g/mol. The van der Waals surface area contributed by atoms with E-state index in [0.717, 1.165) is 16.8 Å². The van der Waals surface area contributed by atoms with E-state index < -0.39 is 11.5 Å². The molecule has 0 aliphatic carbocycles. The molecule has 1 aromatic carbocycles. The van der Waals surface area contributed by atoms with E-state index in [1.807, 2.05) is 37.5 Å². The predicted octanol–water partition coefficient (Wildman–Crippen LogP) is 1.30. The van der Waals surface area contributed by atoms with E-state index in [9.17, 15) is 14.4 Å². The maximum Gasteiger partial charge on any atom is 0.264 e. The van der Waals surface area contributed by atoms with Crippen molar-refractivity contribution in [2.45, 2.75) is 30.7 Å². The fourth-order valence-electron chi connectivity index (χ4n) is 4.89. The van der Waals surface area contributed by atoms with Gasteiger partial charge in [-0.1, -0.05) is 18.2 Å². The minimum Gasteiger partial charge on any atom is -0.334 e. The van der Waals surface area contributed by atoms with Gasteiger partial charge in [0.15, 0.2) is 0 Å². The highest BCUT2D eigenvalue weighted by Crippen LogP contribution is 2.54. The van der Waals surface area contributed by atoms with Crippen LogP contribution in [-0.4, -0.2) is 43.2 Å². The van der Waals surface area contributed by atoms with Crippen molar-refractivity contribution < 1.29 is 9.59 Å². The van der Waals surface area contributed by atoms with Gasteiger partial charge < -0.3 is 10.2 Å². The minimum atomic E-state index is -0.842. The molecule has 2 unspecified atom stereocenters. The highest BCUT2D eigenvalue weighted by molar-refractivity contribution is 6.07. The number of carbonyl (C=O) groups excluding carboxylic acids is 2. The Morgan fingerprint density at radius 3 is 2.81 bits per heavy atom. The number of fused-ring (bicyclic) bond motifs is 2. The van der Waals surface area contributed by atoms with E-state index in [1.165, 1.54) is 6.07 Å². The van der Waals surface area contributed by atoms with Crippen molar-refractivity contribution >= 4 is 17.5 Å². The van der Waals surface area contributed by atoms with Crippen molar-refractivity contribution in [3.63, 3.8) is 0 Å². The van der Waals surface area contributed by atoms with Gasteiger partial charge in [0, 0.05) is 49.9 Å². The van der Waals surface area contributed by atoms with Gasteiger partial charge in [0.2, 0.25) is 11.8 Å².